The quantitative estimate of drug-likeness (QED) is 0.654. The van der Waals surface area contributed by atoms with Gasteiger partial charge in [0.1, 0.15) is 6.54 Å². The summed E-state index contributed by atoms with van der Waals surface area (Å²) in [5.74, 6) is -1.47. The van der Waals surface area contributed by atoms with E-state index in [-0.39, 0.29) is 17.3 Å². The van der Waals surface area contributed by atoms with Gasteiger partial charge in [-0.1, -0.05) is 42.3 Å². The van der Waals surface area contributed by atoms with E-state index >= 15 is 0 Å². The number of benzene rings is 2. The maximum atomic E-state index is 13.2. The van der Waals surface area contributed by atoms with E-state index in [1.54, 1.807) is 13.0 Å². The highest BCUT2D eigenvalue weighted by atomic mass is 35.5. The van der Waals surface area contributed by atoms with Gasteiger partial charge in [0.15, 0.2) is 0 Å². The normalized spacial score (nSPS) is 11.2. The number of nitrogens with one attached hydrogen (secondary N) is 1. The molecule has 0 aliphatic rings. The van der Waals surface area contributed by atoms with Gasteiger partial charge in [0, 0.05) is 11.6 Å². The van der Waals surface area contributed by atoms with E-state index in [0.717, 1.165) is 17.0 Å². The summed E-state index contributed by atoms with van der Waals surface area (Å²) in [6.07, 6.45) is -4.22. The molecule has 0 radical (unpaired) electrons. The van der Waals surface area contributed by atoms with Crippen LogP contribution in [0.15, 0.2) is 42.5 Å². The first-order valence-corrected chi connectivity index (χ1v) is 9.09. The molecule has 0 unspecified atom stereocenters. The lowest BCUT2D eigenvalue weighted by Gasteiger charge is -2.23. The molecular formula is C19H17Cl2F3N2O2. The van der Waals surface area contributed by atoms with Gasteiger partial charge in [-0.2, -0.15) is 13.2 Å². The largest absolute Gasteiger partial charge is 0.417 e. The molecule has 2 aromatic carbocycles. The Hall–Kier alpha value is -2.25. The van der Waals surface area contributed by atoms with Crippen LogP contribution in [0.5, 0.6) is 0 Å². The number of carbonyl (C=O) groups excluding carboxylic acids is 2. The molecule has 150 valence electrons. The lowest BCUT2D eigenvalue weighted by Crippen LogP contribution is -2.39. The first-order valence-electron chi connectivity index (χ1n) is 8.34. The van der Waals surface area contributed by atoms with Crippen molar-refractivity contribution in [1.82, 2.24) is 4.90 Å². The molecule has 1 N–H and O–H groups in total. The predicted molar refractivity (Wildman–Crippen MR) is 103 cm³/mol. The second kappa shape index (κ2) is 9.30. The second-order valence-corrected chi connectivity index (χ2v) is 6.79. The number of halogens is 5. The number of alkyl halides is 3. The third-order valence-corrected chi connectivity index (χ3v) is 4.35. The molecule has 0 atom stereocenters. The maximum absolute atomic E-state index is 13.2. The molecule has 28 heavy (non-hydrogen) atoms. The van der Waals surface area contributed by atoms with Crippen LogP contribution in [0.3, 0.4) is 0 Å². The Morgan fingerprint density at radius 1 is 1.11 bits per heavy atom. The van der Waals surface area contributed by atoms with E-state index in [4.69, 9.17) is 23.2 Å². The summed E-state index contributed by atoms with van der Waals surface area (Å²) in [6, 6.07) is 8.96. The fourth-order valence-corrected chi connectivity index (χ4v) is 2.90. The third-order valence-electron chi connectivity index (χ3n) is 3.78. The molecule has 2 aromatic rings. The van der Waals surface area contributed by atoms with E-state index in [2.05, 4.69) is 5.32 Å². The Balaban J connectivity index is 2.22. The molecule has 0 saturated heterocycles. The molecule has 2 rings (SSSR count). The summed E-state index contributed by atoms with van der Waals surface area (Å²) in [5.41, 5.74) is -1.30. The molecule has 9 heteroatoms. The third kappa shape index (κ3) is 5.62. The van der Waals surface area contributed by atoms with Crippen molar-refractivity contribution in [3.63, 3.8) is 0 Å². The van der Waals surface area contributed by atoms with Gasteiger partial charge in [0.05, 0.1) is 21.8 Å². The van der Waals surface area contributed by atoms with E-state index in [0.29, 0.717) is 11.4 Å². The van der Waals surface area contributed by atoms with E-state index in [9.17, 15) is 22.8 Å². The van der Waals surface area contributed by atoms with Crippen molar-refractivity contribution in [1.29, 1.82) is 0 Å². The fourth-order valence-electron chi connectivity index (χ4n) is 2.57. The summed E-state index contributed by atoms with van der Waals surface area (Å²) in [4.78, 5) is 26.1. The van der Waals surface area contributed by atoms with E-state index < -0.39 is 35.7 Å². The Morgan fingerprint density at radius 3 is 2.43 bits per heavy atom. The van der Waals surface area contributed by atoms with Crippen LogP contribution in [0, 0.1) is 0 Å². The Bertz CT molecular complexity index is 872. The van der Waals surface area contributed by atoms with Crippen molar-refractivity contribution in [2.45, 2.75) is 19.5 Å². The molecule has 0 saturated carbocycles. The number of hydrogen-bond acceptors (Lipinski definition) is 2. The van der Waals surface area contributed by atoms with Gasteiger partial charge >= 0.3 is 6.18 Å². The van der Waals surface area contributed by atoms with E-state index in [1.807, 2.05) is 0 Å². The monoisotopic (exact) mass is 432 g/mol. The van der Waals surface area contributed by atoms with Crippen LogP contribution in [0.25, 0.3) is 0 Å². The topological polar surface area (TPSA) is 49.4 Å². The minimum Gasteiger partial charge on any atom is -0.329 e. The number of nitrogens with zero attached hydrogens (tertiary/aromatic N) is 1. The number of hydrogen-bond donors (Lipinski definition) is 1. The van der Waals surface area contributed by atoms with Crippen molar-refractivity contribution in [3.05, 3.63) is 63.6 Å². The molecule has 0 spiro atoms. The molecule has 0 bridgehead atoms. The molecule has 0 aliphatic heterocycles. The molecule has 2 amide bonds. The number of carbonyl (C=O) groups is 2. The lowest BCUT2D eigenvalue weighted by molar-refractivity contribution is -0.138. The SMILES string of the molecule is CCCN(CC(=O)Nc1cc(Cl)ccc1Cl)C(=O)c1ccccc1C(F)(F)F. The van der Waals surface area contributed by atoms with Crippen LogP contribution in [0.4, 0.5) is 18.9 Å². The van der Waals surface area contributed by atoms with Crippen LogP contribution < -0.4 is 5.32 Å². The van der Waals surface area contributed by atoms with Crippen molar-refractivity contribution >= 4 is 40.7 Å². The highest BCUT2D eigenvalue weighted by molar-refractivity contribution is 6.35. The predicted octanol–water partition coefficient (Wildman–Crippen LogP) is 5.50. The van der Waals surface area contributed by atoms with Gasteiger partial charge in [-0.05, 0) is 36.8 Å². The maximum Gasteiger partial charge on any atom is 0.417 e. The van der Waals surface area contributed by atoms with Crippen molar-refractivity contribution in [2.75, 3.05) is 18.4 Å². The summed E-state index contributed by atoms with van der Waals surface area (Å²) in [7, 11) is 0. The zero-order valence-corrected chi connectivity index (χ0v) is 16.3. The van der Waals surface area contributed by atoms with Crippen LogP contribution in [0.1, 0.15) is 29.3 Å². The Kier molecular flexibility index (Phi) is 7.32. The first kappa shape index (κ1) is 22.0. The zero-order chi connectivity index (χ0) is 20.9. The molecule has 0 fully saturated rings. The summed E-state index contributed by atoms with van der Waals surface area (Å²) >= 11 is 11.9. The Labute approximate surface area is 170 Å². The van der Waals surface area contributed by atoms with E-state index in [1.165, 1.54) is 24.3 Å². The smallest absolute Gasteiger partial charge is 0.329 e. The molecule has 4 nitrogen and oxygen atoms in total. The van der Waals surface area contributed by atoms with Gasteiger partial charge in [-0.15, -0.1) is 0 Å². The van der Waals surface area contributed by atoms with Gasteiger partial charge in [0.25, 0.3) is 5.91 Å². The first-order chi connectivity index (χ1) is 13.1. The second-order valence-electron chi connectivity index (χ2n) is 5.94. The summed E-state index contributed by atoms with van der Waals surface area (Å²) in [6.45, 7) is 1.44. The standard InChI is InChI=1S/C19H17Cl2F3N2O2/c1-2-9-26(11-17(27)25-16-10-12(20)7-8-15(16)21)18(28)13-5-3-4-6-14(13)19(22,23)24/h3-8,10H,2,9,11H2,1H3,(H,25,27). The van der Waals surface area contributed by atoms with Crippen molar-refractivity contribution < 1.29 is 22.8 Å². The van der Waals surface area contributed by atoms with Crippen LogP contribution in [0.2, 0.25) is 10.0 Å². The molecule has 0 aromatic heterocycles. The number of amides is 2. The average molecular weight is 433 g/mol. The van der Waals surface area contributed by atoms with Gasteiger partial charge in [0.2, 0.25) is 5.91 Å². The number of anilines is 1. The molecular weight excluding hydrogens is 416 g/mol. The van der Waals surface area contributed by atoms with Gasteiger partial charge in [-0.25, -0.2) is 0 Å². The van der Waals surface area contributed by atoms with Crippen LogP contribution >= 0.6 is 23.2 Å². The highest BCUT2D eigenvalue weighted by Gasteiger charge is 2.36. The summed E-state index contributed by atoms with van der Waals surface area (Å²) in [5, 5.41) is 3.11. The highest BCUT2D eigenvalue weighted by Crippen LogP contribution is 2.32. The Morgan fingerprint density at radius 2 is 1.79 bits per heavy atom. The minimum atomic E-state index is -4.68. The van der Waals surface area contributed by atoms with Crippen LogP contribution in [-0.4, -0.2) is 29.8 Å². The number of rotatable bonds is 6. The zero-order valence-electron chi connectivity index (χ0n) is 14.8. The van der Waals surface area contributed by atoms with Crippen LogP contribution in [-0.2, 0) is 11.0 Å². The van der Waals surface area contributed by atoms with Gasteiger partial charge in [-0.3, -0.25) is 9.59 Å². The molecule has 0 heterocycles. The van der Waals surface area contributed by atoms with Crippen molar-refractivity contribution in [3.8, 4) is 0 Å². The van der Waals surface area contributed by atoms with Crippen molar-refractivity contribution in [2.24, 2.45) is 0 Å². The molecule has 0 aliphatic carbocycles. The lowest BCUT2D eigenvalue weighted by atomic mass is 10.1. The van der Waals surface area contributed by atoms with Gasteiger partial charge < -0.3 is 10.2 Å². The minimum absolute atomic E-state index is 0.113. The fraction of sp³-hybridized carbons (Fsp3) is 0.263. The summed E-state index contributed by atoms with van der Waals surface area (Å²) < 4.78 is 39.6. The average Bonchev–Trinajstić information content (AvgIpc) is 2.63.